The van der Waals surface area contributed by atoms with E-state index in [1.165, 1.54) is 11.3 Å². The molecule has 1 aromatic heterocycles. The van der Waals surface area contributed by atoms with E-state index in [-0.39, 0.29) is 11.8 Å². The molecule has 5 nitrogen and oxygen atoms in total. The zero-order valence-electron chi connectivity index (χ0n) is 12.6. The largest absolute Gasteiger partial charge is 0.302 e. The SMILES string of the molecule is CC(C)c1csc(NC(=O)C2CCN(CCC#N)CC2)n1. The summed E-state index contributed by atoms with van der Waals surface area (Å²) in [4.78, 5) is 18.9. The highest BCUT2D eigenvalue weighted by atomic mass is 32.1. The Balaban J connectivity index is 1.80. The number of likely N-dealkylation sites (tertiary alicyclic amines) is 1. The fourth-order valence-corrected chi connectivity index (χ4v) is 3.32. The first kappa shape index (κ1) is 15.9. The van der Waals surface area contributed by atoms with Crippen LogP contribution < -0.4 is 5.32 Å². The Kier molecular flexibility index (Phi) is 5.71. The van der Waals surface area contributed by atoms with Gasteiger partial charge in [0.25, 0.3) is 0 Å². The van der Waals surface area contributed by atoms with Crippen molar-refractivity contribution in [2.24, 2.45) is 5.92 Å². The summed E-state index contributed by atoms with van der Waals surface area (Å²) in [7, 11) is 0. The van der Waals surface area contributed by atoms with Gasteiger partial charge in [0.05, 0.1) is 11.8 Å². The lowest BCUT2D eigenvalue weighted by atomic mass is 9.96. The van der Waals surface area contributed by atoms with Gasteiger partial charge in [-0.05, 0) is 31.8 Å². The fourth-order valence-electron chi connectivity index (χ4n) is 2.44. The van der Waals surface area contributed by atoms with Gasteiger partial charge in [0, 0.05) is 24.3 Å². The molecule has 2 rings (SSSR count). The van der Waals surface area contributed by atoms with Crippen molar-refractivity contribution < 1.29 is 4.79 Å². The maximum atomic E-state index is 12.3. The molecule has 21 heavy (non-hydrogen) atoms. The van der Waals surface area contributed by atoms with Crippen LogP contribution in [0.4, 0.5) is 5.13 Å². The molecule has 1 aromatic rings. The maximum Gasteiger partial charge on any atom is 0.229 e. The first-order chi connectivity index (χ1) is 10.1. The third-order valence-electron chi connectivity index (χ3n) is 3.84. The number of nitrogens with zero attached hydrogens (tertiary/aromatic N) is 3. The van der Waals surface area contributed by atoms with Crippen LogP contribution in [0.15, 0.2) is 5.38 Å². The molecule has 0 bridgehead atoms. The van der Waals surface area contributed by atoms with Crippen LogP contribution in [-0.4, -0.2) is 35.4 Å². The summed E-state index contributed by atoms with van der Waals surface area (Å²) in [6.45, 7) is 6.80. The van der Waals surface area contributed by atoms with E-state index < -0.39 is 0 Å². The molecule has 6 heteroatoms. The molecular weight excluding hydrogens is 284 g/mol. The molecule has 0 spiro atoms. The lowest BCUT2D eigenvalue weighted by Gasteiger charge is -2.30. The standard InChI is InChI=1S/C15H22N4OS/c1-11(2)13-10-21-15(17-13)18-14(20)12-4-8-19(9-5-12)7-3-6-16/h10-12H,3-5,7-9H2,1-2H3,(H,17,18,20). The highest BCUT2D eigenvalue weighted by Gasteiger charge is 2.25. The Morgan fingerprint density at radius 1 is 1.57 bits per heavy atom. The van der Waals surface area contributed by atoms with Gasteiger partial charge in [0.15, 0.2) is 5.13 Å². The van der Waals surface area contributed by atoms with Crippen molar-refractivity contribution in [2.75, 3.05) is 25.0 Å². The van der Waals surface area contributed by atoms with Crippen LogP contribution >= 0.6 is 11.3 Å². The Morgan fingerprint density at radius 2 is 2.29 bits per heavy atom. The van der Waals surface area contributed by atoms with Gasteiger partial charge in [-0.25, -0.2) is 4.98 Å². The summed E-state index contributed by atoms with van der Waals surface area (Å²) in [6.07, 6.45) is 2.29. The molecule has 1 N–H and O–H groups in total. The zero-order valence-corrected chi connectivity index (χ0v) is 13.4. The van der Waals surface area contributed by atoms with Crippen LogP contribution in [0.5, 0.6) is 0 Å². The van der Waals surface area contributed by atoms with E-state index in [0.717, 1.165) is 38.2 Å². The molecule has 1 aliphatic rings. The van der Waals surface area contributed by atoms with E-state index in [2.05, 4.69) is 35.1 Å². The quantitative estimate of drug-likeness (QED) is 0.908. The lowest BCUT2D eigenvalue weighted by molar-refractivity contribution is -0.121. The molecule has 1 aliphatic heterocycles. The number of hydrogen-bond donors (Lipinski definition) is 1. The Hall–Kier alpha value is -1.45. The second kappa shape index (κ2) is 7.53. The third-order valence-corrected chi connectivity index (χ3v) is 4.62. The number of rotatable bonds is 5. The molecule has 1 fully saturated rings. The fraction of sp³-hybridized carbons (Fsp3) is 0.667. The van der Waals surface area contributed by atoms with Gasteiger partial charge in [0.1, 0.15) is 0 Å². The second-order valence-corrected chi connectivity index (χ2v) is 6.60. The minimum absolute atomic E-state index is 0.0646. The normalized spacial score (nSPS) is 16.9. The number of nitriles is 1. The van der Waals surface area contributed by atoms with E-state index in [9.17, 15) is 4.79 Å². The molecular formula is C15H22N4OS. The minimum atomic E-state index is 0.0646. The van der Waals surface area contributed by atoms with Gasteiger partial charge in [-0.15, -0.1) is 11.3 Å². The van der Waals surface area contributed by atoms with Crippen molar-refractivity contribution in [1.29, 1.82) is 5.26 Å². The minimum Gasteiger partial charge on any atom is -0.302 e. The highest BCUT2D eigenvalue weighted by Crippen LogP contribution is 2.24. The first-order valence-electron chi connectivity index (χ1n) is 7.45. The maximum absolute atomic E-state index is 12.3. The number of piperidine rings is 1. The molecule has 0 aromatic carbocycles. The number of anilines is 1. The number of hydrogen-bond acceptors (Lipinski definition) is 5. The highest BCUT2D eigenvalue weighted by molar-refractivity contribution is 7.13. The zero-order chi connectivity index (χ0) is 15.2. The summed E-state index contributed by atoms with van der Waals surface area (Å²) in [5.74, 6) is 0.532. The van der Waals surface area contributed by atoms with Gasteiger partial charge >= 0.3 is 0 Å². The van der Waals surface area contributed by atoms with Gasteiger partial charge in [0.2, 0.25) is 5.91 Å². The van der Waals surface area contributed by atoms with Crippen molar-refractivity contribution >= 4 is 22.4 Å². The molecule has 0 atom stereocenters. The number of nitrogens with one attached hydrogen (secondary N) is 1. The summed E-state index contributed by atoms with van der Waals surface area (Å²) < 4.78 is 0. The monoisotopic (exact) mass is 306 g/mol. The van der Waals surface area contributed by atoms with Crippen LogP contribution in [0.3, 0.4) is 0 Å². The predicted molar refractivity (Wildman–Crippen MR) is 84.2 cm³/mol. The van der Waals surface area contributed by atoms with Crippen molar-refractivity contribution in [3.05, 3.63) is 11.1 Å². The predicted octanol–water partition coefficient (Wildman–Crippen LogP) is 2.83. The van der Waals surface area contributed by atoms with Crippen molar-refractivity contribution in [1.82, 2.24) is 9.88 Å². The van der Waals surface area contributed by atoms with E-state index in [1.54, 1.807) is 0 Å². The van der Waals surface area contributed by atoms with Crippen LogP contribution in [0, 0.1) is 17.2 Å². The second-order valence-electron chi connectivity index (χ2n) is 5.75. The summed E-state index contributed by atoms with van der Waals surface area (Å²) in [6, 6.07) is 2.17. The topological polar surface area (TPSA) is 69.0 Å². The molecule has 1 amide bonds. The van der Waals surface area contributed by atoms with Crippen LogP contribution in [-0.2, 0) is 4.79 Å². The number of carbonyl (C=O) groups excluding carboxylic acids is 1. The molecule has 114 valence electrons. The summed E-state index contributed by atoms with van der Waals surface area (Å²) in [5, 5.41) is 14.2. The summed E-state index contributed by atoms with van der Waals surface area (Å²) in [5.41, 5.74) is 1.03. The first-order valence-corrected chi connectivity index (χ1v) is 8.33. The van der Waals surface area contributed by atoms with E-state index in [0.29, 0.717) is 17.5 Å². The van der Waals surface area contributed by atoms with E-state index in [1.807, 2.05) is 5.38 Å². The molecule has 2 heterocycles. The van der Waals surface area contributed by atoms with Gasteiger partial charge < -0.3 is 10.2 Å². The number of thiazole rings is 1. The van der Waals surface area contributed by atoms with Gasteiger partial charge in [-0.1, -0.05) is 13.8 Å². The third kappa shape index (κ3) is 4.51. The van der Waals surface area contributed by atoms with E-state index in [4.69, 9.17) is 5.26 Å². The Morgan fingerprint density at radius 3 is 2.86 bits per heavy atom. The van der Waals surface area contributed by atoms with Crippen molar-refractivity contribution in [3.8, 4) is 6.07 Å². The number of carbonyl (C=O) groups is 1. The average molecular weight is 306 g/mol. The molecule has 0 unspecified atom stereocenters. The van der Waals surface area contributed by atoms with Crippen molar-refractivity contribution in [2.45, 2.75) is 39.0 Å². The molecule has 1 saturated heterocycles. The molecule has 0 radical (unpaired) electrons. The lowest BCUT2D eigenvalue weighted by Crippen LogP contribution is -2.38. The van der Waals surface area contributed by atoms with Crippen LogP contribution in [0.1, 0.15) is 44.7 Å². The Labute approximate surface area is 130 Å². The van der Waals surface area contributed by atoms with Gasteiger partial charge in [-0.2, -0.15) is 5.26 Å². The van der Waals surface area contributed by atoms with Crippen LogP contribution in [0.25, 0.3) is 0 Å². The number of amides is 1. The van der Waals surface area contributed by atoms with Crippen molar-refractivity contribution in [3.63, 3.8) is 0 Å². The summed E-state index contributed by atoms with van der Waals surface area (Å²) >= 11 is 1.49. The molecule has 0 saturated carbocycles. The molecule has 0 aliphatic carbocycles. The number of aromatic nitrogens is 1. The Bertz CT molecular complexity index is 512. The van der Waals surface area contributed by atoms with E-state index >= 15 is 0 Å². The smallest absolute Gasteiger partial charge is 0.229 e. The van der Waals surface area contributed by atoms with Gasteiger partial charge in [-0.3, -0.25) is 4.79 Å². The average Bonchev–Trinajstić information content (AvgIpc) is 2.94. The van der Waals surface area contributed by atoms with Crippen LogP contribution in [0.2, 0.25) is 0 Å².